The van der Waals surface area contributed by atoms with Crippen LogP contribution in [0.25, 0.3) is 16.7 Å². The highest BCUT2D eigenvalue weighted by atomic mass is 16.5. The summed E-state index contributed by atoms with van der Waals surface area (Å²) in [6, 6.07) is 26.1. The van der Waals surface area contributed by atoms with Crippen molar-refractivity contribution in [2.24, 2.45) is 0 Å². The molecule has 0 aliphatic rings. The molecule has 0 unspecified atom stereocenters. The van der Waals surface area contributed by atoms with E-state index in [0.717, 1.165) is 11.4 Å². The number of carbonyl (C=O) groups excluding carboxylic acids is 1. The molecule has 0 saturated heterocycles. The van der Waals surface area contributed by atoms with Gasteiger partial charge in [0, 0.05) is 18.7 Å². The van der Waals surface area contributed by atoms with Crippen molar-refractivity contribution in [3.8, 4) is 17.2 Å². The number of hydrogen-bond donors (Lipinski definition) is 1. The minimum Gasteiger partial charge on any atom is -0.457 e. The Kier molecular flexibility index (Phi) is 5.85. The third-order valence-electron chi connectivity index (χ3n) is 5.25. The SMILES string of the molecule is O=C(CCn1cnc2c(cnn2-c2ccccc2)c1=O)Nc1ccc(Oc2ccccc2)cc1. The summed E-state index contributed by atoms with van der Waals surface area (Å²) in [5.74, 6) is 1.21. The van der Waals surface area contributed by atoms with Gasteiger partial charge in [-0.25, -0.2) is 9.67 Å². The Morgan fingerprint density at radius 3 is 2.29 bits per heavy atom. The molecule has 8 heteroatoms. The number of aryl methyl sites for hydroxylation is 1. The third-order valence-corrected chi connectivity index (χ3v) is 5.25. The fourth-order valence-electron chi connectivity index (χ4n) is 3.54. The van der Waals surface area contributed by atoms with Crippen LogP contribution in [0.2, 0.25) is 0 Å². The van der Waals surface area contributed by atoms with Gasteiger partial charge in [0.05, 0.1) is 18.2 Å². The number of anilines is 1. The molecule has 8 nitrogen and oxygen atoms in total. The molecule has 2 aromatic heterocycles. The summed E-state index contributed by atoms with van der Waals surface area (Å²) in [5, 5.41) is 7.55. The van der Waals surface area contributed by atoms with Crippen molar-refractivity contribution in [1.29, 1.82) is 0 Å². The summed E-state index contributed by atoms with van der Waals surface area (Å²) in [7, 11) is 0. The van der Waals surface area contributed by atoms with Gasteiger partial charge in [-0.2, -0.15) is 5.10 Å². The Labute approximate surface area is 195 Å². The number of para-hydroxylation sites is 2. The number of hydrogen-bond acceptors (Lipinski definition) is 5. The molecule has 3 aromatic carbocycles. The van der Waals surface area contributed by atoms with Crippen molar-refractivity contribution in [2.75, 3.05) is 5.32 Å². The average Bonchev–Trinajstić information content (AvgIpc) is 3.31. The zero-order chi connectivity index (χ0) is 23.3. The van der Waals surface area contributed by atoms with Crippen LogP contribution in [0.1, 0.15) is 6.42 Å². The predicted octanol–water partition coefficient (Wildman–Crippen LogP) is 4.40. The molecule has 5 aromatic rings. The molecule has 0 radical (unpaired) electrons. The third kappa shape index (κ3) is 4.56. The van der Waals surface area contributed by atoms with Gasteiger partial charge in [-0.1, -0.05) is 36.4 Å². The maximum atomic E-state index is 12.9. The van der Waals surface area contributed by atoms with Crippen LogP contribution in [0.5, 0.6) is 11.5 Å². The fourth-order valence-corrected chi connectivity index (χ4v) is 3.54. The summed E-state index contributed by atoms with van der Waals surface area (Å²) in [4.78, 5) is 29.7. The number of fused-ring (bicyclic) bond motifs is 1. The quantitative estimate of drug-likeness (QED) is 0.396. The molecule has 2 heterocycles. The molecule has 168 valence electrons. The smallest absolute Gasteiger partial charge is 0.264 e. The van der Waals surface area contributed by atoms with E-state index in [4.69, 9.17) is 4.74 Å². The van der Waals surface area contributed by atoms with Crippen LogP contribution in [0.3, 0.4) is 0 Å². The molecule has 0 aliphatic carbocycles. The second-order valence-electron chi connectivity index (χ2n) is 7.61. The van der Waals surface area contributed by atoms with Crippen LogP contribution in [0, 0.1) is 0 Å². The molecule has 0 bridgehead atoms. The Hall–Kier alpha value is -4.72. The standard InChI is InChI=1S/C26H21N5O3/c32-24(29-19-11-13-22(14-12-19)34-21-9-5-2-6-10-21)15-16-30-18-27-25-23(26(30)33)17-28-31(25)20-7-3-1-4-8-20/h1-14,17-18H,15-16H2,(H,29,32). The van der Waals surface area contributed by atoms with Gasteiger partial charge in [0.1, 0.15) is 16.9 Å². The zero-order valence-corrected chi connectivity index (χ0v) is 18.2. The van der Waals surface area contributed by atoms with Gasteiger partial charge in [-0.05, 0) is 48.5 Å². The Bertz CT molecular complexity index is 1480. The van der Waals surface area contributed by atoms with Crippen molar-refractivity contribution >= 4 is 22.6 Å². The minimum absolute atomic E-state index is 0.127. The van der Waals surface area contributed by atoms with Crippen molar-refractivity contribution < 1.29 is 9.53 Å². The zero-order valence-electron chi connectivity index (χ0n) is 18.2. The van der Waals surface area contributed by atoms with Gasteiger partial charge in [-0.3, -0.25) is 14.2 Å². The second kappa shape index (κ2) is 9.41. The van der Waals surface area contributed by atoms with Crippen LogP contribution < -0.4 is 15.6 Å². The van der Waals surface area contributed by atoms with Crippen molar-refractivity contribution in [3.63, 3.8) is 0 Å². The van der Waals surface area contributed by atoms with E-state index in [9.17, 15) is 9.59 Å². The molecule has 34 heavy (non-hydrogen) atoms. The normalized spacial score (nSPS) is 10.8. The maximum absolute atomic E-state index is 12.9. The van der Waals surface area contributed by atoms with Crippen LogP contribution in [0.15, 0.2) is 102 Å². The van der Waals surface area contributed by atoms with Crippen LogP contribution in [-0.4, -0.2) is 25.2 Å². The van der Waals surface area contributed by atoms with E-state index in [1.165, 1.54) is 17.1 Å². The van der Waals surface area contributed by atoms with Gasteiger partial charge in [0.25, 0.3) is 5.56 Å². The maximum Gasteiger partial charge on any atom is 0.264 e. The fraction of sp³-hybridized carbons (Fsp3) is 0.0769. The minimum atomic E-state index is -0.234. The second-order valence-corrected chi connectivity index (χ2v) is 7.61. The molecule has 0 saturated carbocycles. The molecule has 5 rings (SSSR count). The Morgan fingerprint density at radius 1 is 0.882 bits per heavy atom. The van der Waals surface area contributed by atoms with Gasteiger partial charge in [0.15, 0.2) is 5.65 Å². The molecular weight excluding hydrogens is 430 g/mol. The molecule has 0 atom stereocenters. The molecule has 0 spiro atoms. The number of rotatable bonds is 7. The molecule has 1 N–H and O–H groups in total. The first kappa shape index (κ1) is 21.1. The molecule has 1 amide bonds. The van der Waals surface area contributed by atoms with Crippen LogP contribution in [-0.2, 0) is 11.3 Å². The first-order valence-corrected chi connectivity index (χ1v) is 10.8. The van der Waals surface area contributed by atoms with Gasteiger partial charge in [0.2, 0.25) is 5.91 Å². The highest BCUT2D eigenvalue weighted by Crippen LogP contribution is 2.22. The van der Waals surface area contributed by atoms with E-state index < -0.39 is 0 Å². The first-order valence-electron chi connectivity index (χ1n) is 10.8. The average molecular weight is 451 g/mol. The van der Waals surface area contributed by atoms with Gasteiger partial charge in [-0.15, -0.1) is 0 Å². The number of nitrogens with zero attached hydrogens (tertiary/aromatic N) is 4. The summed E-state index contributed by atoms with van der Waals surface area (Å²) in [6.45, 7) is 0.208. The monoisotopic (exact) mass is 451 g/mol. The molecule has 0 aliphatic heterocycles. The number of ether oxygens (including phenoxy) is 1. The highest BCUT2D eigenvalue weighted by molar-refractivity contribution is 5.90. The lowest BCUT2D eigenvalue weighted by Gasteiger charge is -2.09. The van der Waals surface area contributed by atoms with Gasteiger partial charge < -0.3 is 10.1 Å². The number of aromatic nitrogens is 4. The molecule has 0 fully saturated rings. The van der Waals surface area contributed by atoms with E-state index in [2.05, 4.69) is 15.4 Å². The largest absolute Gasteiger partial charge is 0.457 e. The number of benzene rings is 3. The lowest BCUT2D eigenvalue weighted by molar-refractivity contribution is -0.116. The Balaban J connectivity index is 1.22. The van der Waals surface area contributed by atoms with Crippen molar-refractivity contribution in [2.45, 2.75) is 13.0 Å². The number of carbonyl (C=O) groups is 1. The van der Waals surface area contributed by atoms with E-state index in [1.54, 1.807) is 28.9 Å². The summed E-state index contributed by atoms with van der Waals surface area (Å²) >= 11 is 0. The Morgan fingerprint density at radius 2 is 1.56 bits per heavy atom. The summed E-state index contributed by atoms with van der Waals surface area (Å²) in [5.41, 5.74) is 1.72. The van der Waals surface area contributed by atoms with Gasteiger partial charge >= 0.3 is 0 Å². The van der Waals surface area contributed by atoms with E-state index in [0.29, 0.717) is 22.5 Å². The number of nitrogens with one attached hydrogen (secondary N) is 1. The van der Waals surface area contributed by atoms with E-state index in [1.807, 2.05) is 60.7 Å². The summed E-state index contributed by atoms with van der Waals surface area (Å²) < 4.78 is 8.81. The van der Waals surface area contributed by atoms with E-state index in [-0.39, 0.29) is 24.4 Å². The lowest BCUT2D eigenvalue weighted by Crippen LogP contribution is -2.23. The molecular formula is C26H21N5O3. The van der Waals surface area contributed by atoms with Crippen molar-refractivity contribution in [3.05, 3.63) is 108 Å². The predicted molar refractivity (Wildman–Crippen MR) is 129 cm³/mol. The topological polar surface area (TPSA) is 91.0 Å². The van der Waals surface area contributed by atoms with E-state index >= 15 is 0 Å². The lowest BCUT2D eigenvalue weighted by atomic mass is 10.3. The summed E-state index contributed by atoms with van der Waals surface area (Å²) in [6.07, 6.45) is 3.09. The number of amides is 1. The first-order chi connectivity index (χ1) is 16.7. The van der Waals surface area contributed by atoms with Crippen LogP contribution >= 0.6 is 0 Å². The van der Waals surface area contributed by atoms with Crippen molar-refractivity contribution in [1.82, 2.24) is 19.3 Å². The van der Waals surface area contributed by atoms with Crippen LogP contribution in [0.4, 0.5) is 5.69 Å². The highest BCUT2D eigenvalue weighted by Gasteiger charge is 2.12.